The van der Waals surface area contributed by atoms with Gasteiger partial charge in [-0.3, -0.25) is 19.0 Å². The van der Waals surface area contributed by atoms with E-state index in [-0.39, 0.29) is 29.4 Å². The van der Waals surface area contributed by atoms with E-state index in [9.17, 15) is 27.2 Å². The predicted octanol–water partition coefficient (Wildman–Crippen LogP) is 4.56. The summed E-state index contributed by atoms with van der Waals surface area (Å²) in [5.74, 6) is -1.09. The van der Waals surface area contributed by atoms with Gasteiger partial charge in [-0.25, -0.2) is 17.6 Å². The highest BCUT2D eigenvalue weighted by Gasteiger charge is 2.28. The van der Waals surface area contributed by atoms with Crippen molar-refractivity contribution in [1.29, 1.82) is 0 Å². The third-order valence-corrected chi connectivity index (χ3v) is 5.24. The molecule has 2 amide bonds. The molecule has 10 nitrogen and oxygen atoms in total. The number of hydrogen-bond acceptors (Lipinski definition) is 6. The van der Waals surface area contributed by atoms with Crippen LogP contribution in [0.2, 0.25) is 5.02 Å². The fraction of sp³-hybridized carbons (Fsp3) is 0.238. The van der Waals surface area contributed by atoms with Crippen molar-refractivity contribution < 1.29 is 36.0 Å². The lowest BCUT2D eigenvalue weighted by Gasteiger charge is -2.06. The number of aryl methyl sites for hydroxylation is 1. The van der Waals surface area contributed by atoms with Crippen molar-refractivity contribution in [3.8, 4) is 0 Å². The molecule has 0 aromatic carbocycles. The van der Waals surface area contributed by atoms with Crippen LogP contribution in [0.3, 0.4) is 0 Å². The first-order valence-electron chi connectivity index (χ1n) is 10.2. The Morgan fingerprint density at radius 1 is 1.08 bits per heavy atom. The van der Waals surface area contributed by atoms with Crippen LogP contribution < -0.4 is 10.6 Å². The summed E-state index contributed by atoms with van der Waals surface area (Å²) >= 11 is 5.64. The van der Waals surface area contributed by atoms with Gasteiger partial charge in [0.25, 0.3) is 24.7 Å². The summed E-state index contributed by atoms with van der Waals surface area (Å²) in [5, 5.41) is 11.8. The van der Waals surface area contributed by atoms with E-state index in [1.165, 1.54) is 29.3 Å². The van der Waals surface area contributed by atoms with Crippen molar-refractivity contribution in [3.63, 3.8) is 0 Å². The van der Waals surface area contributed by atoms with Gasteiger partial charge in [-0.1, -0.05) is 11.6 Å². The van der Waals surface area contributed by atoms with Crippen LogP contribution in [-0.4, -0.2) is 31.4 Å². The minimum atomic E-state index is -3.17. The van der Waals surface area contributed by atoms with Gasteiger partial charge in [0, 0.05) is 13.2 Å². The molecule has 190 valence electrons. The lowest BCUT2D eigenvalue weighted by Crippen LogP contribution is -2.25. The number of furan rings is 2. The van der Waals surface area contributed by atoms with Crippen LogP contribution >= 0.6 is 11.6 Å². The molecule has 0 spiro atoms. The number of nitrogens with zero attached hydrogens (tertiary/aromatic N) is 4. The Morgan fingerprint density at radius 2 is 1.86 bits per heavy atom. The third-order valence-electron chi connectivity index (χ3n) is 4.86. The predicted molar refractivity (Wildman–Crippen MR) is 116 cm³/mol. The molecular weight excluding hydrogens is 512 g/mol. The fourth-order valence-electron chi connectivity index (χ4n) is 3.27. The molecule has 0 aliphatic heterocycles. The lowest BCUT2D eigenvalue weighted by molar-refractivity contribution is 0.0943. The molecule has 0 radical (unpaired) electrons. The van der Waals surface area contributed by atoms with Crippen LogP contribution in [0.25, 0.3) is 0 Å². The SMILES string of the molecule is Cn1cc(NC(=O)c2ccc(Cn3nc(C(F)F)c(Cl)c3C(F)F)o2)c(C(=O)NCc2ccco2)n1. The zero-order valence-electron chi connectivity index (χ0n) is 18.3. The van der Waals surface area contributed by atoms with Crippen LogP contribution in [0.4, 0.5) is 23.2 Å². The van der Waals surface area contributed by atoms with E-state index in [2.05, 4.69) is 20.8 Å². The Labute approximate surface area is 204 Å². The molecule has 0 atom stereocenters. The summed E-state index contributed by atoms with van der Waals surface area (Å²) < 4.78 is 65.2. The Balaban J connectivity index is 1.47. The second-order valence-corrected chi connectivity index (χ2v) is 7.77. The largest absolute Gasteiger partial charge is 0.467 e. The van der Waals surface area contributed by atoms with Gasteiger partial charge in [0.15, 0.2) is 11.5 Å². The molecule has 0 saturated heterocycles. The summed E-state index contributed by atoms with van der Waals surface area (Å²) in [5.41, 5.74) is -1.87. The molecule has 4 heterocycles. The van der Waals surface area contributed by atoms with Gasteiger partial charge in [-0.15, -0.1) is 0 Å². The molecule has 36 heavy (non-hydrogen) atoms. The summed E-state index contributed by atoms with van der Waals surface area (Å²) in [7, 11) is 1.55. The molecule has 4 aromatic rings. The summed E-state index contributed by atoms with van der Waals surface area (Å²) in [6.45, 7) is -0.380. The van der Waals surface area contributed by atoms with Crippen molar-refractivity contribution >= 4 is 29.1 Å². The molecular formula is C21H17ClF4N6O4. The summed E-state index contributed by atoms with van der Waals surface area (Å²) in [4.78, 5) is 25.2. The van der Waals surface area contributed by atoms with E-state index in [0.717, 1.165) is 0 Å². The zero-order valence-corrected chi connectivity index (χ0v) is 19.1. The Morgan fingerprint density at radius 3 is 2.53 bits per heavy atom. The van der Waals surface area contributed by atoms with Crippen molar-refractivity contribution in [3.05, 3.63) is 76.1 Å². The zero-order chi connectivity index (χ0) is 26.0. The van der Waals surface area contributed by atoms with Crippen molar-refractivity contribution in [2.24, 2.45) is 7.05 Å². The number of alkyl halides is 4. The number of nitrogens with one attached hydrogen (secondary N) is 2. The molecule has 2 N–H and O–H groups in total. The monoisotopic (exact) mass is 528 g/mol. The molecule has 4 rings (SSSR count). The average molecular weight is 529 g/mol. The molecule has 0 bridgehead atoms. The number of amides is 2. The topological polar surface area (TPSA) is 120 Å². The van der Waals surface area contributed by atoms with E-state index in [0.29, 0.717) is 10.4 Å². The van der Waals surface area contributed by atoms with E-state index in [1.807, 2.05) is 0 Å². The number of hydrogen-bond donors (Lipinski definition) is 2. The minimum Gasteiger partial charge on any atom is -0.467 e. The molecule has 0 aliphatic carbocycles. The van der Waals surface area contributed by atoms with Gasteiger partial charge in [-0.05, 0) is 24.3 Å². The van der Waals surface area contributed by atoms with Crippen LogP contribution in [0, 0.1) is 0 Å². The molecule has 0 aliphatic rings. The van der Waals surface area contributed by atoms with Crippen LogP contribution in [0.5, 0.6) is 0 Å². The van der Waals surface area contributed by atoms with E-state index in [4.69, 9.17) is 20.4 Å². The highest BCUT2D eigenvalue weighted by molar-refractivity contribution is 6.32. The maximum absolute atomic E-state index is 13.4. The number of aromatic nitrogens is 4. The Bertz CT molecular complexity index is 1380. The molecule has 0 saturated carbocycles. The van der Waals surface area contributed by atoms with Gasteiger partial charge in [-0.2, -0.15) is 10.2 Å². The van der Waals surface area contributed by atoms with Crippen LogP contribution in [0.1, 0.15) is 56.8 Å². The average Bonchev–Trinajstić information content (AvgIpc) is 3.60. The first-order chi connectivity index (χ1) is 17.1. The summed E-state index contributed by atoms with van der Waals surface area (Å²) in [6, 6.07) is 5.88. The van der Waals surface area contributed by atoms with Gasteiger partial charge in [0.2, 0.25) is 0 Å². The number of anilines is 1. The highest BCUT2D eigenvalue weighted by atomic mass is 35.5. The quantitative estimate of drug-likeness (QED) is 0.307. The first-order valence-corrected chi connectivity index (χ1v) is 10.6. The van der Waals surface area contributed by atoms with Crippen LogP contribution in [0.15, 0.2) is 45.6 Å². The van der Waals surface area contributed by atoms with Gasteiger partial charge in [0.05, 0.1) is 30.1 Å². The van der Waals surface area contributed by atoms with E-state index >= 15 is 0 Å². The second-order valence-electron chi connectivity index (χ2n) is 7.39. The van der Waals surface area contributed by atoms with E-state index in [1.54, 1.807) is 19.2 Å². The molecule has 0 fully saturated rings. The van der Waals surface area contributed by atoms with Crippen LogP contribution in [-0.2, 0) is 20.1 Å². The second kappa shape index (κ2) is 10.3. The van der Waals surface area contributed by atoms with Crippen molar-refractivity contribution in [2.45, 2.75) is 25.9 Å². The standard InChI is InChI=1S/C21H17ClF4N6O4/c1-31-9-12(15(29-31)21(34)27-7-10-3-2-6-35-10)28-20(33)13-5-4-11(36-13)8-32-17(19(25)26)14(22)16(30-32)18(23)24/h2-6,9,18-19H,7-8H2,1H3,(H,27,34)(H,28,33). The van der Waals surface area contributed by atoms with Gasteiger partial charge >= 0.3 is 0 Å². The Hall–Kier alpha value is -4.07. The number of carbonyl (C=O) groups is 2. The highest BCUT2D eigenvalue weighted by Crippen LogP contribution is 2.35. The number of halogens is 5. The third kappa shape index (κ3) is 5.27. The number of rotatable bonds is 9. The molecule has 15 heteroatoms. The number of carbonyl (C=O) groups excluding carboxylic acids is 2. The first kappa shape index (κ1) is 25.0. The lowest BCUT2D eigenvalue weighted by atomic mass is 10.3. The van der Waals surface area contributed by atoms with Gasteiger partial charge < -0.3 is 19.5 Å². The van der Waals surface area contributed by atoms with Crippen molar-refractivity contribution in [2.75, 3.05) is 5.32 Å². The van der Waals surface area contributed by atoms with E-state index < -0.39 is 47.6 Å². The minimum absolute atomic E-state index is 0.0235. The van der Waals surface area contributed by atoms with Gasteiger partial charge in [0.1, 0.15) is 22.9 Å². The smallest absolute Gasteiger partial charge is 0.291 e. The maximum atomic E-state index is 13.4. The molecule has 0 unspecified atom stereocenters. The molecule has 4 aromatic heterocycles. The fourth-order valence-corrected chi connectivity index (χ4v) is 3.57. The van der Waals surface area contributed by atoms with Crippen molar-refractivity contribution in [1.82, 2.24) is 24.9 Å². The normalized spacial score (nSPS) is 11.4. The summed E-state index contributed by atoms with van der Waals surface area (Å²) in [6.07, 6.45) is -3.47. The maximum Gasteiger partial charge on any atom is 0.291 e. The Kier molecular flexibility index (Phi) is 7.15.